The summed E-state index contributed by atoms with van der Waals surface area (Å²) in [4.78, 5) is 36.7. The first-order chi connectivity index (χ1) is 16.0. The molecule has 1 aliphatic rings. The number of unbranched alkanes of at least 4 members (excludes halogenated alkanes) is 1. The third-order valence-corrected chi connectivity index (χ3v) is 5.34. The van der Waals surface area contributed by atoms with Gasteiger partial charge in [-0.25, -0.2) is 0 Å². The Bertz CT molecular complexity index is 940. The Kier molecular flexibility index (Phi) is 9.26. The van der Waals surface area contributed by atoms with Crippen LogP contribution in [0.25, 0.3) is 0 Å². The lowest BCUT2D eigenvalue weighted by atomic mass is 10.1. The van der Waals surface area contributed by atoms with Crippen molar-refractivity contribution in [3.63, 3.8) is 0 Å². The van der Waals surface area contributed by atoms with Crippen molar-refractivity contribution in [1.29, 1.82) is 0 Å². The van der Waals surface area contributed by atoms with Gasteiger partial charge in [-0.15, -0.1) is 0 Å². The molecule has 1 fully saturated rings. The van der Waals surface area contributed by atoms with E-state index in [0.29, 0.717) is 29.9 Å². The van der Waals surface area contributed by atoms with Crippen LogP contribution in [-0.4, -0.2) is 50.1 Å². The molecule has 0 spiro atoms. The largest absolute Gasteiger partial charge is 0.376 e. The number of nitrogens with one attached hydrogen (secondary N) is 4. The summed E-state index contributed by atoms with van der Waals surface area (Å²) in [6.45, 7) is 4.02. The number of hydrogen-bond acceptors (Lipinski definition) is 5. The minimum atomic E-state index is -0.239. The van der Waals surface area contributed by atoms with Crippen LogP contribution in [0.2, 0.25) is 0 Å². The second-order valence-electron chi connectivity index (χ2n) is 8.01. The molecule has 1 atom stereocenters. The zero-order chi connectivity index (χ0) is 23.5. The molecule has 0 bridgehead atoms. The normalized spacial score (nSPS) is 15.0. The molecule has 1 saturated heterocycles. The van der Waals surface area contributed by atoms with Crippen molar-refractivity contribution in [2.75, 3.05) is 36.9 Å². The molecule has 176 valence electrons. The van der Waals surface area contributed by atoms with Crippen molar-refractivity contribution in [1.82, 2.24) is 10.6 Å². The van der Waals surface area contributed by atoms with E-state index >= 15 is 0 Å². The summed E-state index contributed by atoms with van der Waals surface area (Å²) in [5.74, 6) is -0.539. The fraction of sp³-hybridized carbons (Fsp3) is 0.400. The molecular formula is C25H32N4O4. The second kappa shape index (κ2) is 12.6. The monoisotopic (exact) mass is 452 g/mol. The number of carbonyl (C=O) groups excluding carboxylic acids is 3. The first kappa shape index (κ1) is 24.3. The zero-order valence-electron chi connectivity index (χ0n) is 19.0. The smallest absolute Gasteiger partial charge is 0.251 e. The summed E-state index contributed by atoms with van der Waals surface area (Å²) in [6.07, 6.45) is 4.05. The number of benzene rings is 2. The average Bonchev–Trinajstić information content (AvgIpc) is 3.35. The summed E-state index contributed by atoms with van der Waals surface area (Å²) in [6, 6.07) is 13.8. The molecular weight excluding hydrogens is 420 g/mol. The van der Waals surface area contributed by atoms with E-state index in [1.165, 1.54) is 0 Å². The van der Waals surface area contributed by atoms with Gasteiger partial charge in [0, 0.05) is 42.2 Å². The van der Waals surface area contributed by atoms with Gasteiger partial charge in [0.05, 0.1) is 12.6 Å². The van der Waals surface area contributed by atoms with Crippen molar-refractivity contribution in [2.24, 2.45) is 0 Å². The van der Waals surface area contributed by atoms with E-state index in [0.717, 1.165) is 38.0 Å². The van der Waals surface area contributed by atoms with Gasteiger partial charge in [-0.1, -0.05) is 19.4 Å². The fourth-order valence-corrected chi connectivity index (χ4v) is 3.46. The molecule has 33 heavy (non-hydrogen) atoms. The summed E-state index contributed by atoms with van der Waals surface area (Å²) < 4.78 is 5.51. The van der Waals surface area contributed by atoms with Crippen molar-refractivity contribution >= 4 is 29.1 Å². The second-order valence-corrected chi connectivity index (χ2v) is 8.01. The lowest BCUT2D eigenvalue weighted by Crippen LogP contribution is -2.31. The number of ether oxygens (including phenoxy) is 1. The number of anilines is 2. The minimum absolute atomic E-state index is 0.0531. The zero-order valence-corrected chi connectivity index (χ0v) is 19.0. The van der Waals surface area contributed by atoms with E-state index in [2.05, 4.69) is 28.2 Å². The van der Waals surface area contributed by atoms with Crippen LogP contribution in [0, 0.1) is 0 Å². The highest BCUT2D eigenvalue weighted by molar-refractivity contribution is 5.98. The van der Waals surface area contributed by atoms with Crippen LogP contribution in [-0.2, 0) is 9.53 Å². The fourth-order valence-electron chi connectivity index (χ4n) is 3.46. The predicted molar refractivity (Wildman–Crippen MR) is 129 cm³/mol. The van der Waals surface area contributed by atoms with Crippen LogP contribution in [0.4, 0.5) is 11.4 Å². The Balaban J connectivity index is 1.43. The van der Waals surface area contributed by atoms with Gasteiger partial charge in [-0.3, -0.25) is 14.4 Å². The Morgan fingerprint density at radius 2 is 1.76 bits per heavy atom. The van der Waals surface area contributed by atoms with Crippen molar-refractivity contribution < 1.29 is 19.1 Å². The first-order valence-corrected chi connectivity index (χ1v) is 11.5. The van der Waals surface area contributed by atoms with Gasteiger partial charge >= 0.3 is 0 Å². The van der Waals surface area contributed by atoms with E-state index in [4.69, 9.17) is 4.74 Å². The van der Waals surface area contributed by atoms with Crippen LogP contribution in [0.15, 0.2) is 48.5 Å². The SMILES string of the molecule is CCCCNC(=O)c1cccc(NC(=O)CNc2ccc(C(=O)NCC3CCCO3)cc2)c1. The molecule has 1 heterocycles. The highest BCUT2D eigenvalue weighted by Crippen LogP contribution is 2.13. The maximum atomic E-state index is 12.3. The van der Waals surface area contributed by atoms with Crippen LogP contribution in [0.1, 0.15) is 53.3 Å². The molecule has 1 unspecified atom stereocenters. The van der Waals surface area contributed by atoms with Crippen LogP contribution in [0.3, 0.4) is 0 Å². The maximum absolute atomic E-state index is 12.3. The van der Waals surface area contributed by atoms with E-state index in [-0.39, 0.29) is 30.4 Å². The number of hydrogen-bond donors (Lipinski definition) is 4. The van der Waals surface area contributed by atoms with Crippen molar-refractivity contribution in [2.45, 2.75) is 38.7 Å². The Hall–Kier alpha value is -3.39. The van der Waals surface area contributed by atoms with E-state index in [1.54, 1.807) is 48.5 Å². The van der Waals surface area contributed by atoms with Crippen molar-refractivity contribution in [3.05, 3.63) is 59.7 Å². The van der Waals surface area contributed by atoms with E-state index in [9.17, 15) is 14.4 Å². The molecule has 0 aliphatic carbocycles. The molecule has 8 heteroatoms. The molecule has 3 amide bonds. The van der Waals surface area contributed by atoms with Gasteiger partial charge in [-0.2, -0.15) is 0 Å². The van der Waals surface area contributed by atoms with Gasteiger partial charge in [0.15, 0.2) is 0 Å². The van der Waals surface area contributed by atoms with Gasteiger partial charge in [0.1, 0.15) is 0 Å². The topological polar surface area (TPSA) is 109 Å². The Morgan fingerprint density at radius 3 is 2.48 bits per heavy atom. The summed E-state index contributed by atoms with van der Waals surface area (Å²) in [7, 11) is 0. The molecule has 2 aromatic rings. The number of carbonyl (C=O) groups is 3. The van der Waals surface area contributed by atoms with Crippen LogP contribution < -0.4 is 21.3 Å². The molecule has 8 nitrogen and oxygen atoms in total. The quantitative estimate of drug-likeness (QED) is 0.392. The summed E-state index contributed by atoms with van der Waals surface area (Å²) >= 11 is 0. The molecule has 1 aliphatic heterocycles. The molecule has 0 saturated carbocycles. The van der Waals surface area contributed by atoms with Crippen LogP contribution >= 0.6 is 0 Å². The van der Waals surface area contributed by atoms with E-state index in [1.807, 2.05) is 0 Å². The van der Waals surface area contributed by atoms with Gasteiger partial charge in [-0.05, 0) is 61.7 Å². The lowest BCUT2D eigenvalue weighted by Gasteiger charge is -2.12. The Morgan fingerprint density at radius 1 is 0.970 bits per heavy atom. The van der Waals surface area contributed by atoms with E-state index < -0.39 is 0 Å². The average molecular weight is 453 g/mol. The summed E-state index contributed by atoms with van der Waals surface area (Å²) in [5.41, 5.74) is 2.34. The van der Waals surface area contributed by atoms with Gasteiger partial charge < -0.3 is 26.0 Å². The standard InChI is InChI=1S/C25H32N4O4/c1-2-3-13-26-25(32)19-6-4-7-21(15-19)29-23(30)17-27-20-11-9-18(10-12-20)24(31)28-16-22-8-5-14-33-22/h4,6-7,9-12,15,22,27H,2-3,5,8,13-14,16-17H2,1H3,(H,26,32)(H,28,31)(H,29,30). The number of rotatable bonds is 11. The highest BCUT2D eigenvalue weighted by atomic mass is 16.5. The number of amides is 3. The molecule has 2 aromatic carbocycles. The first-order valence-electron chi connectivity index (χ1n) is 11.5. The molecule has 3 rings (SSSR count). The highest BCUT2D eigenvalue weighted by Gasteiger charge is 2.16. The van der Waals surface area contributed by atoms with Crippen LogP contribution in [0.5, 0.6) is 0 Å². The maximum Gasteiger partial charge on any atom is 0.251 e. The van der Waals surface area contributed by atoms with Gasteiger partial charge in [0.2, 0.25) is 5.91 Å². The van der Waals surface area contributed by atoms with Gasteiger partial charge in [0.25, 0.3) is 11.8 Å². The molecule has 0 aromatic heterocycles. The minimum Gasteiger partial charge on any atom is -0.376 e. The Labute approximate surface area is 194 Å². The van der Waals surface area contributed by atoms with Crippen molar-refractivity contribution in [3.8, 4) is 0 Å². The third-order valence-electron chi connectivity index (χ3n) is 5.34. The lowest BCUT2D eigenvalue weighted by molar-refractivity contribution is -0.114. The summed E-state index contributed by atoms with van der Waals surface area (Å²) in [5, 5.41) is 11.6. The predicted octanol–water partition coefficient (Wildman–Crippen LogP) is 3.18. The molecule has 4 N–H and O–H groups in total. The third kappa shape index (κ3) is 7.91. The molecule has 0 radical (unpaired) electrons.